The summed E-state index contributed by atoms with van der Waals surface area (Å²) in [4.78, 5) is 2.51. The number of halogens is 1. The summed E-state index contributed by atoms with van der Waals surface area (Å²) in [6, 6.07) is 7.60. The summed E-state index contributed by atoms with van der Waals surface area (Å²) in [7, 11) is 0. The molecule has 3 aliphatic heterocycles. The fourth-order valence-electron chi connectivity index (χ4n) is 3.08. The van der Waals surface area contributed by atoms with E-state index in [0.29, 0.717) is 12.6 Å². The molecular formula is C14H19FN2. The van der Waals surface area contributed by atoms with E-state index >= 15 is 0 Å². The van der Waals surface area contributed by atoms with Gasteiger partial charge in [-0.05, 0) is 37.9 Å². The maximum absolute atomic E-state index is 13.5. The summed E-state index contributed by atoms with van der Waals surface area (Å²) in [6.07, 6.45) is 2.60. The van der Waals surface area contributed by atoms with Crippen LogP contribution in [0.2, 0.25) is 0 Å². The van der Waals surface area contributed by atoms with Crippen molar-refractivity contribution in [1.82, 2.24) is 10.2 Å². The second-order valence-corrected chi connectivity index (χ2v) is 5.22. The zero-order chi connectivity index (χ0) is 11.7. The largest absolute Gasteiger partial charge is 0.308 e. The van der Waals surface area contributed by atoms with Crippen molar-refractivity contribution in [2.24, 2.45) is 5.92 Å². The molecule has 2 nitrogen and oxygen atoms in total. The molecule has 0 radical (unpaired) electrons. The highest BCUT2D eigenvalue weighted by Crippen LogP contribution is 2.27. The van der Waals surface area contributed by atoms with Gasteiger partial charge in [-0.15, -0.1) is 0 Å². The molecule has 17 heavy (non-hydrogen) atoms. The van der Waals surface area contributed by atoms with E-state index in [-0.39, 0.29) is 5.82 Å². The Hall–Kier alpha value is -0.930. The number of piperidine rings is 3. The number of hydrogen-bond acceptors (Lipinski definition) is 2. The van der Waals surface area contributed by atoms with Crippen LogP contribution in [0.1, 0.15) is 18.4 Å². The van der Waals surface area contributed by atoms with Gasteiger partial charge in [0.05, 0.1) is 0 Å². The van der Waals surface area contributed by atoms with Crippen LogP contribution in [0, 0.1) is 11.7 Å². The molecule has 2 bridgehead atoms. The lowest BCUT2D eigenvalue weighted by Gasteiger charge is -2.45. The number of rotatable bonds is 3. The first kappa shape index (κ1) is 11.2. The molecule has 0 spiro atoms. The molecule has 3 saturated heterocycles. The van der Waals surface area contributed by atoms with E-state index in [4.69, 9.17) is 0 Å². The van der Waals surface area contributed by atoms with Gasteiger partial charge in [0.2, 0.25) is 0 Å². The number of benzene rings is 1. The first-order chi connectivity index (χ1) is 8.33. The third-order valence-corrected chi connectivity index (χ3v) is 4.17. The molecule has 3 fully saturated rings. The minimum absolute atomic E-state index is 0.0960. The molecule has 1 N–H and O–H groups in total. The summed E-state index contributed by atoms with van der Waals surface area (Å²) >= 11 is 0. The highest BCUT2D eigenvalue weighted by atomic mass is 19.1. The molecule has 3 heterocycles. The molecule has 3 aliphatic rings. The minimum Gasteiger partial charge on any atom is -0.308 e. The van der Waals surface area contributed by atoms with Crippen LogP contribution < -0.4 is 5.32 Å². The second kappa shape index (κ2) is 4.75. The van der Waals surface area contributed by atoms with E-state index in [2.05, 4.69) is 10.2 Å². The normalized spacial score (nSPS) is 31.7. The molecule has 1 aromatic carbocycles. The van der Waals surface area contributed by atoms with Crippen LogP contribution in [-0.2, 0) is 6.54 Å². The molecule has 1 aromatic rings. The fourth-order valence-corrected chi connectivity index (χ4v) is 3.08. The van der Waals surface area contributed by atoms with Crippen LogP contribution in [0.25, 0.3) is 0 Å². The van der Waals surface area contributed by atoms with Crippen molar-refractivity contribution < 1.29 is 4.39 Å². The van der Waals surface area contributed by atoms with Gasteiger partial charge in [0.15, 0.2) is 0 Å². The van der Waals surface area contributed by atoms with Crippen molar-refractivity contribution in [2.75, 3.05) is 19.6 Å². The zero-order valence-electron chi connectivity index (χ0n) is 10.0. The van der Waals surface area contributed by atoms with E-state index in [1.807, 2.05) is 12.1 Å². The zero-order valence-corrected chi connectivity index (χ0v) is 10.0. The average Bonchev–Trinajstić information content (AvgIpc) is 2.39. The topological polar surface area (TPSA) is 15.3 Å². The Morgan fingerprint density at radius 2 is 2.00 bits per heavy atom. The number of nitrogens with zero attached hydrogens (tertiary/aromatic N) is 1. The molecule has 3 heteroatoms. The van der Waals surface area contributed by atoms with E-state index in [0.717, 1.165) is 18.0 Å². The fraction of sp³-hybridized carbons (Fsp3) is 0.571. The SMILES string of the molecule is Fc1ccccc1CN[C@@H]1CN2CCC1CC2. The van der Waals surface area contributed by atoms with Crippen molar-refractivity contribution in [2.45, 2.75) is 25.4 Å². The predicted octanol–water partition coefficient (Wildman–Crippen LogP) is 2.01. The quantitative estimate of drug-likeness (QED) is 0.860. The molecule has 1 atom stereocenters. The summed E-state index contributed by atoms with van der Waals surface area (Å²) in [5, 5.41) is 3.53. The lowest BCUT2D eigenvalue weighted by molar-refractivity contribution is 0.0719. The molecule has 0 unspecified atom stereocenters. The van der Waals surface area contributed by atoms with E-state index in [1.54, 1.807) is 6.07 Å². The summed E-state index contributed by atoms with van der Waals surface area (Å²) in [6.45, 7) is 4.30. The Labute approximate surface area is 102 Å². The third kappa shape index (κ3) is 2.35. The second-order valence-electron chi connectivity index (χ2n) is 5.22. The van der Waals surface area contributed by atoms with Crippen molar-refractivity contribution in [1.29, 1.82) is 0 Å². The van der Waals surface area contributed by atoms with Crippen molar-refractivity contribution >= 4 is 0 Å². The molecule has 0 amide bonds. The Kier molecular flexibility index (Phi) is 3.12. The Bertz CT molecular complexity index is 386. The van der Waals surface area contributed by atoms with Gasteiger partial charge in [0, 0.05) is 24.7 Å². The van der Waals surface area contributed by atoms with Crippen molar-refractivity contribution in [3.8, 4) is 0 Å². The minimum atomic E-state index is -0.0960. The number of fused-ring (bicyclic) bond motifs is 3. The van der Waals surface area contributed by atoms with Crippen LogP contribution >= 0.6 is 0 Å². The van der Waals surface area contributed by atoms with Gasteiger partial charge < -0.3 is 10.2 Å². The molecular weight excluding hydrogens is 215 g/mol. The van der Waals surface area contributed by atoms with E-state index < -0.39 is 0 Å². The maximum Gasteiger partial charge on any atom is 0.127 e. The number of nitrogens with one attached hydrogen (secondary N) is 1. The van der Waals surface area contributed by atoms with Crippen LogP contribution in [0.5, 0.6) is 0 Å². The van der Waals surface area contributed by atoms with E-state index in [9.17, 15) is 4.39 Å². The van der Waals surface area contributed by atoms with Gasteiger partial charge in [-0.3, -0.25) is 0 Å². The summed E-state index contributed by atoms with van der Waals surface area (Å²) in [5.41, 5.74) is 0.781. The average molecular weight is 234 g/mol. The Morgan fingerprint density at radius 1 is 1.24 bits per heavy atom. The predicted molar refractivity (Wildman–Crippen MR) is 66.2 cm³/mol. The van der Waals surface area contributed by atoms with Gasteiger partial charge >= 0.3 is 0 Å². The van der Waals surface area contributed by atoms with Gasteiger partial charge in [-0.25, -0.2) is 4.39 Å². The summed E-state index contributed by atoms with van der Waals surface area (Å²) in [5.74, 6) is 0.702. The third-order valence-electron chi connectivity index (χ3n) is 4.17. The van der Waals surface area contributed by atoms with Gasteiger partial charge in [0.1, 0.15) is 5.82 Å². The molecule has 92 valence electrons. The smallest absolute Gasteiger partial charge is 0.127 e. The lowest BCUT2D eigenvalue weighted by Crippen LogP contribution is -2.55. The van der Waals surface area contributed by atoms with Crippen LogP contribution in [0.15, 0.2) is 24.3 Å². The first-order valence-corrected chi connectivity index (χ1v) is 6.52. The van der Waals surface area contributed by atoms with Crippen molar-refractivity contribution in [3.63, 3.8) is 0 Å². The van der Waals surface area contributed by atoms with Crippen LogP contribution in [0.4, 0.5) is 4.39 Å². The van der Waals surface area contributed by atoms with Crippen molar-refractivity contribution in [3.05, 3.63) is 35.6 Å². The highest BCUT2D eigenvalue weighted by Gasteiger charge is 2.33. The molecule has 0 saturated carbocycles. The maximum atomic E-state index is 13.5. The van der Waals surface area contributed by atoms with Crippen LogP contribution in [-0.4, -0.2) is 30.6 Å². The molecule has 0 aromatic heterocycles. The lowest BCUT2D eigenvalue weighted by atomic mass is 9.84. The molecule has 4 rings (SSSR count). The van der Waals surface area contributed by atoms with E-state index in [1.165, 1.54) is 32.0 Å². The molecule has 0 aliphatic carbocycles. The monoisotopic (exact) mass is 234 g/mol. The van der Waals surface area contributed by atoms with Crippen LogP contribution in [0.3, 0.4) is 0 Å². The van der Waals surface area contributed by atoms with Gasteiger partial charge in [-0.1, -0.05) is 18.2 Å². The number of hydrogen-bond donors (Lipinski definition) is 1. The summed E-state index contributed by atoms with van der Waals surface area (Å²) < 4.78 is 13.5. The Morgan fingerprint density at radius 3 is 2.65 bits per heavy atom. The first-order valence-electron chi connectivity index (χ1n) is 6.52. The standard InChI is InChI=1S/C14H19FN2/c15-13-4-2-1-3-12(13)9-16-14-10-17-7-5-11(14)6-8-17/h1-4,11,14,16H,5-10H2/t14-/m1/s1. The Balaban J connectivity index is 1.60. The highest BCUT2D eigenvalue weighted by molar-refractivity contribution is 5.17. The van der Waals surface area contributed by atoms with Gasteiger partial charge in [0.25, 0.3) is 0 Å². The van der Waals surface area contributed by atoms with Gasteiger partial charge in [-0.2, -0.15) is 0 Å².